The molecule has 0 atom stereocenters. The van der Waals surface area contributed by atoms with E-state index < -0.39 is 0 Å². The largest absolute Gasteiger partial charge is 0.365 e. The summed E-state index contributed by atoms with van der Waals surface area (Å²) in [5, 5.41) is 3.74. The van der Waals surface area contributed by atoms with Gasteiger partial charge in [0.05, 0.1) is 10.2 Å². The number of hydrogen-bond acceptors (Lipinski definition) is 4. The topological polar surface area (TPSA) is 37.3 Å². The number of halogens is 1. The van der Waals surface area contributed by atoms with Gasteiger partial charge >= 0.3 is 0 Å². The van der Waals surface area contributed by atoms with Gasteiger partial charge in [0.15, 0.2) is 5.13 Å². The maximum atomic E-state index is 12.7. The van der Waals surface area contributed by atoms with Crippen molar-refractivity contribution in [3.63, 3.8) is 0 Å². The Kier molecular flexibility index (Phi) is 7.32. The van der Waals surface area contributed by atoms with Crippen LogP contribution in [0.15, 0.2) is 47.1 Å². The minimum absolute atomic E-state index is 0.240. The highest BCUT2D eigenvalue weighted by atomic mass is 32.1. The van der Waals surface area contributed by atoms with Gasteiger partial charge in [0, 0.05) is 19.3 Å². The lowest BCUT2D eigenvalue weighted by atomic mass is 10.2. The smallest absolute Gasteiger partial charge is 0.183 e. The van der Waals surface area contributed by atoms with E-state index >= 15 is 0 Å². The van der Waals surface area contributed by atoms with E-state index in [1.807, 2.05) is 12.2 Å². The van der Waals surface area contributed by atoms with Gasteiger partial charge in [0.2, 0.25) is 0 Å². The molecule has 0 aliphatic rings. The van der Waals surface area contributed by atoms with Crippen LogP contribution in [0.25, 0.3) is 10.2 Å². The third kappa shape index (κ3) is 5.87. The fraction of sp³-hybridized carbons (Fsp3) is 0.250. The average Bonchev–Trinajstić information content (AvgIpc) is 2.90. The van der Waals surface area contributed by atoms with Crippen molar-refractivity contribution < 1.29 is 4.39 Å². The van der Waals surface area contributed by atoms with Gasteiger partial charge in [-0.3, -0.25) is 4.99 Å². The minimum atomic E-state index is -0.240. The van der Waals surface area contributed by atoms with E-state index in [1.54, 1.807) is 19.3 Å². The number of nitrogens with zero attached hydrogens (tertiary/aromatic N) is 2. The molecule has 112 valence electrons. The van der Waals surface area contributed by atoms with Crippen LogP contribution in [0, 0.1) is 5.82 Å². The van der Waals surface area contributed by atoms with E-state index in [-0.39, 0.29) is 5.82 Å². The lowest BCUT2D eigenvalue weighted by Gasteiger charge is -1.87. The summed E-state index contributed by atoms with van der Waals surface area (Å²) in [5.74, 6) is -0.240. The highest BCUT2D eigenvalue weighted by Gasteiger charge is 2.01. The summed E-state index contributed by atoms with van der Waals surface area (Å²) in [4.78, 5) is 7.73. The number of aromatic nitrogens is 1. The normalized spacial score (nSPS) is 11.3. The van der Waals surface area contributed by atoms with E-state index in [4.69, 9.17) is 0 Å². The van der Waals surface area contributed by atoms with Crippen molar-refractivity contribution in [1.82, 2.24) is 4.98 Å². The number of allylic oxidation sites excluding steroid dienone is 3. The SMILES string of the molecule is C=N/C=C\C=C(/C)CC.CNc1nc2cc(F)ccc2s1. The fourth-order valence-electron chi connectivity index (χ4n) is 1.39. The standard InChI is InChI=1S/C8H7FN2S.C8H13N/c1-10-8-11-6-4-5(9)2-3-7(6)12-8;1-4-8(2)6-5-7-9-3/h2-4H,1H3,(H,10,11);5-7H,3-4H2,1-2H3/b;7-5-,8-6+. The molecule has 0 saturated carbocycles. The van der Waals surface area contributed by atoms with Gasteiger partial charge < -0.3 is 5.32 Å². The highest BCUT2D eigenvalue weighted by Crippen LogP contribution is 2.25. The van der Waals surface area contributed by atoms with E-state index in [0.29, 0.717) is 5.52 Å². The monoisotopic (exact) mass is 305 g/mol. The van der Waals surface area contributed by atoms with Gasteiger partial charge in [-0.1, -0.05) is 29.9 Å². The Balaban J connectivity index is 0.000000222. The van der Waals surface area contributed by atoms with Crippen LogP contribution in [0.2, 0.25) is 0 Å². The number of nitrogens with one attached hydrogen (secondary N) is 1. The molecule has 1 aromatic carbocycles. The van der Waals surface area contributed by atoms with E-state index in [0.717, 1.165) is 16.3 Å². The molecule has 1 heterocycles. The summed E-state index contributed by atoms with van der Waals surface area (Å²) in [5.41, 5.74) is 2.07. The van der Waals surface area contributed by atoms with E-state index in [9.17, 15) is 4.39 Å². The highest BCUT2D eigenvalue weighted by molar-refractivity contribution is 7.22. The molecule has 0 unspecified atom stereocenters. The van der Waals surface area contributed by atoms with Crippen LogP contribution in [0.4, 0.5) is 9.52 Å². The van der Waals surface area contributed by atoms with Crippen molar-refractivity contribution in [2.75, 3.05) is 12.4 Å². The lowest BCUT2D eigenvalue weighted by molar-refractivity contribution is 0.629. The summed E-state index contributed by atoms with van der Waals surface area (Å²) >= 11 is 1.52. The maximum Gasteiger partial charge on any atom is 0.183 e. The molecule has 1 aromatic heterocycles. The number of aliphatic imine (C=N–C) groups is 1. The van der Waals surface area contributed by atoms with Gasteiger partial charge in [-0.25, -0.2) is 9.37 Å². The van der Waals surface area contributed by atoms with Crippen LogP contribution in [0.3, 0.4) is 0 Å². The zero-order valence-electron chi connectivity index (χ0n) is 12.6. The summed E-state index contributed by atoms with van der Waals surface area (Å²) in [6.07, 6.45) is 6.71. The fourth-order valence-corrected chi connectivity index (χ4v) is 2.19. The van der Waals surface area contributed by atoms with Gasteiger partial charge in [-0.2, -0.15) is 0 Å². The number of fused-ring (bicyclic) bond motifs is 1. The van der Waals surface area contributed by atoms with Crippen molar-refractivity contribution in [3.05, 3.63) is 47.9 Å². The maximum absolute atomic E-state index is 12.7. The van der Waals surface area contributed by atoms with Crippen LogP contribution in [0.5, 0.6) is 0 Å². The average molecular weight is 305 g/mol. The Bertz CT molecular complexity index is 644. The molecular formula is C16H20FN3S. The van der Waals surface area contributed by atoms with Crippen LogP contribution >= 0.6 is 11.3 Å². The number of benzene rings is 1. The van der Waals surface area contributed by atoms with E-state index in [2.05, 4.69) is 35.9 Å². The minimum Gasteiger partial charge on any atom is -0.365 e. The predicted molar refractivity (Wildman–Crippen MR) is 91.9 cm³/mol. The molecule has 0 fully saturated rings. The molecule has 0 aliphatic heterocycles. The molecule has 2 aromatic rings. The predicted octanol–water partition coefficient (Wildman–Crippen LogP) is 5.03. The molecule has 2 rings (SSSR count). The van der Waals surface area contributed by atoms with Crippen molar-refractivity contribution in [1.29, 1.82) is 0 Å². The number of thiazole rings is 1. The van der Waals surface area contributed by atoms with Crippen molar-refractivity contribution in [2.45, 2.75) is 20.3 Å². The molecule has 3 nitrogen and oxygen atoms in total. The molecule has 0 aliphatic carbocycles. The van der Waals surface area contributed by atoms with Gasteiger partial charge in [0.1, 0.15) is 5.82 Å². The first kappa shape index (κ1) is 17.0. The Morgan fingerprint density at radius 2 is 2.29 bits per heavy atom. The zero-order valence-corrected chi connectivity index (χ0v) is 13.4. The van der Waals surface area contributed by atoms with Crippen molar-refractivity contribution >= 4 is 33.4 Å². The third-order valence-corrected chi connectivity index (χ3v) is 3.75. The third-order valence-electron chi connectivity index (χ3n) is 2.69. The zero-order chi connectivity index (χ0) is 15.7. The molecule has 0 radical (unpaired) electrons. The second-order valence-electron chi connectivity index (χ2n) is 4.27. The van der Waals surface area contributed by atoms with E-state index in [1.165, 1.54) is 29.0 Å². The first-order valence-corrected chi connectivity index (χ1v) is 7.44. The quantitative estimate of drug-likeness (QED) is 0.635. The molecule has 0 saturated heterocycles. The molecule has 21 heavy (non-hydrogen) atoms. The van der Waals surface area contributed by atoms with Gasteiger partial charge in [-0.05, 0) is 38.3 Å². The van der Waals surface area contributed by atoms with Crippen molar-refractivity contribution in [3.8, 4) is 0 Å². The van der Waals surface area contributed by atoms with Crippen LogP contribution in [0.1, 0.15) is 20.3 Å². The molecule has 5 heteroatoms. The lowest BCUT2D eigenvalue weighted by Crippen LogP contribution is -1.84. The Morgan fingerprint density at radius 1 is 1.52 bits per heavy atom. The number of hydrogen-bond donors (Lipinski definition) is 1. The number of rotatable bonds is 4. The second kappa shape index (κ2) is 9.02. The molecule has 1 N–H and O–H groups in total. The van der Waals surface area contributed by atoms with Crippen LogP contribution < -0.4 is 5.32 Å². The Labute approximate surface area is 128 Å². The second-order valence-corrected chi connectivity index (χ2v) is 5.30. The molecular weight excluding hydrogens is 285 g/mol. The first-order chi connectivity index (χ1) is 10.1. The Hall–Kier alpha value is -2.01. The molecule has 0 bridgehead atoms. The Morgan fingerprint density at radius 3 is 2.90 bits per heavy atom. The molecule has 0 spiro atoms. The summed E-state index contributed by atoms with van der Waals surface area (Å²) < 4.78 is 13.7. The molecule has 0 amide bonds. The van der Waals surface area contributed by atoms with Gasteiger partial charge in [-0.15, -0.1) is 0 Å². The van der Waals surface area contributed by atoms with Crippen molar-refractivity contribution in [2.24, 2.45) is 4.99 Å². The summed E-state index contributed by atoms with van der Waals surface area (Å²) in [6.45, 7) is 7.53. The number of anilines is 1. The van der Waals surface area contributed by atoms with Crippen LogP contribution in [-0.4, -0.2) is 18.7 Å². The summed E-state index contributed by atoms with van der Waals surface area (Å²) in [7, 11) is 1.80. The first-order valence-electron chi connectivity index (χ1n) is 6.62. The van der Waals surface area contributed by atoms with Gasteiger partial charge in [0.25, 0.3) is 0 Å². The van der Waals surface area contributed by atoms with Crippen LogP contribution in [-0.2, 0) is 0 Å². The summed E-state index contributed by atoms with van der Waals surface area (Å²) in [6, 6.07) is 4.62.